The number of pyridine rings is 1. The van der Waals surface area contributed by atoms with Crippen molar-refractivity contribution in [3.05, 3.63) is 81.3 Å². The van der Waals surface area contributed by atoms with E-state index in [9.17, 15) is 24.1 Å². The quantitative estimate of drug-likeness (QED) is 0.353. The van der Waals surface area contributed by atoms with E-state index in [0.29, 0.717) is 11.1 Å². The maximum atomic E-state index is 13.9. The highest BCUT2D eigenvalue weighted by Gasteiger charge is 2.20. The van der Waals surface area contributed by atoms with Crippen molar-refractivity contribution in [1.82, 2.24) is 4.98 Å². The minimum Gasteiger partial charge on any atom is -0.462 e. The Hall–Kier alpha value is -3.88. The molecular weight excluding hydrogens is 383 g/mol. The molecule has 0 N–H and O–H groups in total. The number of halogens is 1. The molecule has 8 nitrogen and oxygen atoms in total. The van der Waals surface area contributed by atoms with Crippen molar-refractivity contribution in [2.45, 2.75) is 13.5 Å². The third-order valence-corrected chi connectivity index (χ3v) is 4.03. The van der Waals surface area contributed by atoms with Crippen molar-refractivity contribution in [3.8, 4) is 0 Å². The van der Waals surface area contributed by atoms with Crippen LogP contribution >= 0.6 is 0 Å². The molecule has 0 aliphatic heterocycles. The third kappa shape index (κ3) is 4.34. The Morgan fingerprint density at radius 1 is 1.10 bits per heavy atom. The summed E-state index contributed by atoms with van der Waals surface area (Å²) in [6, 6.07) is 9.00. The van der Waals surface area contributed by atoms with Crippen molar-refractivity contribution in [2.24, 2.45) is 0 Å². The third-order valence-electron chi connectivity index (χ3n) is 4.03. The van der Waals surface area contributed by atoms with Gasteiger partial charge in [-0.05, 0) is 31.2 Å². The second-order valence-electron chi connectivity index (χ2n) is 5.93. The van der Waals surface area contributed by atoms with E-state index in [-0.39, 0.29) is 29.7 Å². The largest absolute Gasteiger partial charge is 0.462 e. The van der Waals surface area contributed by atoms with Gasteiger partial charge in [0.2, 0.25) is 0 Å². The fourth-order valence-corrected chi connectivity index (χ4v) is 2.71. The summed E-state index contributed by atoms with van der Waals surface area (Å²) >= 11 is 0. The molecule has 1 heterocycles. The van der Waals surface area contributed by atoms with Crippen LogP contribution in [0.5, 0.6) is 0 Å². The summed E-state index contributed by atoms with van der Waals surface area (Å²) in [6.45, 7) is 1.43. The first kappa shape index (κ1) is 19.9. The van der Waals surface area contributed by atoms with Crippen LogP contribution in [0.3, 0.4) is 0 Å². The molecule has 2 aromatic carbocycles. The maximum Gasteiger partial charge on any atom is 0.338 e. The van der Waals surface area contributed by atoms with E-state index in [1.54, 1.807) is 19.1 Å². The zero-order valence-corrected chi connectivity index (χ0v) is 15.3. The average Bonchev–Trinajstić information content (AvgIpc) is 2.73. The lowest BCUT2D eigenvalue weighted by Gasteiger charge is -2.09. The van der Waals surface area contributed by atoms with Gasteiger partial charge in [0.25, 0.3) is 5.69 Å². The fraction of sp³-hybridized carbons (Fsp3) is 0.150. The number of nitrogens with zero attached hydrogens (tertiary/aromatic N) is 2. The van der Waals surface area contributed by atoms with Gasteiger partial charge in [0.05, 0.1) is 28.2 Å². The number of carbonyl (C=O) groups is 2. The van der Waals surface area contributed by atoms with Crippen LogP contribution in [0.2, 0.25) is 0 Å². The lowest BCUT2D eigenvalue weighted by atomic mass is 10.1. The summed E-state index contributed by atoms with van der Waals surface area (Å²) in [7, 11) is 0. The highest BCUT2D eigenvalue weighted by molar-refractivity contribution is 5.96. The van der Waals surface area contributed by atoms with Crippen molar-refractivity contribution >= 4 is 28.5 Å². The summed E-state index contributed by atoms with van der Waals surface area (Å²) in [5.41, 5.74) is 0.0397. The number of esters is 2. The Bertz CT molecular complexity index is 1120. The van der Waals surface area contributed by atoms with Crippen LogP contribution in [0, 0.1) is 15.9 Å². The van der Waals surface area contributed by atoms with Crippen LogP contribution in [0.15, 0.2) is 48.7 Å². The molecule has 0 bridgehead atoms. The lowest BCUT2D eigenvalue weighted by molar-refractivity contribution is -0.384. The fourth-order valence-electron chi connectivity index (χ4n) is 2.71. The lowest BCUT2D eigenvalue weighted by Crippen LogP contribution is -2.10. The van der Waals surface area contributed by atoms with Crippen LogP contribution in [-0.4, -0.2) is 28.5 Å². The van der Waals surface area contributed by atoms with Crippen molar-refractivity contribution in [2.75, 3.05) is 6.61 Å². The minimum absolute atomic E-state index is 0.0753. The van der Waals surface area contributed by atoms with Gasteiger partial charge in [0.1, 0.15) is 12.4 Å². The molecule has 0 unspecified atom stereocenters. The Labute approximate surface area is 164 Å². The molecule has 3 aromatic rings. The number of non-ortho nitro benzene ring substituents is 1. The van der Waals surface area contributed by atoms with Crippen LogP contribution in [-0.2, 0) is 16.1 Å². The van der Waals surface area contributed by atoms with Gasteiger partial charge in [-0.2, -0.15) is 0 Å². The molecule has 3 rings (SSSR count). The number of carbonyl (C=O) groups excluding carboxylic acids is 2. The van der Waals surface area contributed by atoms with Gasteiger partial charge in [-0.25, -0.2) is 14.0 Å². The van der Waals surface area contributed by atoms with E-state index in [4.69, 9.17) is 9.47 Å². The van der Waals surface area contributed by atoms with Gasteiger partial charge < -0.3 is 9.47 Å². The molecule has 29 heavy (non-hydrogen) atoms. The number of hydrogen-bond donors (Lipinski definition) is 0. The van der Waals surface area contributed by atoms with Gasteiger partial charge in [0, 0.05) is 29.3 Å². The molecule has 9 heteroatoms. The van der Waals surface area contributed by atoms with Crippen LogP contribution in [0.1, 0.15) is 33.2 Å². The van der Waals surface area contributed by atoms with Gasteiger partial charge in [-0.15, -0.1) is 0 Å². The van der Waals surface area contributed by atoms with Crippen LogP contribution in [0.25, 0.3) is 10.9 Å². The zero-order chi connectivity index (χ0) is 21.0. The molecule has 0 aliphatic rings. The second kappa shape index (κ2) is 8.42. The smallest absolute Gasteiger partial charge is 0.338 e. The first-order valence-corrected chi connectivity index (χ1v) is 8.56. The molecule has 0 radical (unpaired) electrons. The minimum atomic E-state index is -0.882. The molecule has 1 aromatic heterocycles. The Kier molecular flexibility index (Phi) is 5.77. The number of rotatable bonds is 6. The topological polar surface area (TPSA) is 109 Å². The Morgan fingerprint density at radius 3 is 2.45 bits per heavy atom. The number of benzene rings is 2. The van der Waals surface area contributed by atoms with Gasteiger partial charge >= 0.3 is 11.9 Å². The summed E-state index contributed by atoms with van der Waals surface area (Å²) in [4.78, 5) is 38.9. The maximum absolute atomic E-state index is 13.9. The predicted molar refractivity (Wildman–Crippen MR) is 99.9 cm³/mol. The number of aromatic nitrogens is 1. The van der Waals surface area contributed by atoms with E-state index < -0.39 is 28.4 Å². The number of hydrogen-bond acceptors (Lipinski definition) is 7. The molecule has 0 atom stereocenters. The Morgan fingerprint density at radius 2 is 1.79 bits per heavy atom. The molecule has 0 saturated carbocycles. The number of fused-ring (bicyclic) bond motifs is 1. The van der Waals surface area contributed by atoms with Crippen molar-refractivity contribution < 1.29 is 28.4 Å². The van der Waals surface area contributed by atoms with E-state index in [1.165, 1.54) is 18.3 Å². The standard InChI is InChI=1S/C20H15FN2O6/c1-2-28-19(24)13-8-14(10-15(9-13)23(26)27)20(25)29-11-12-5-6-17(21)16-4-3-7-22-18(12)16/h3-10H,2,11H2,1H3. The van der Waals surface area contributed by atoms with Gasteiger partial charge in [-0.3, -0.25) is 15.1 Å². The van der Waals surface area contributed by atoms with Crippen molar-refractivity contribution in [1.29, 1.82) is 0 Å². The Balaban J connectivity index is 1.87. The summed E-state index contributed by atoms with van der Waals surface area (Å²) in [6.07, 6.45) is 1.49. The zero-order valence-electron chi connectivity index (χ0n) is 15.3. The molecule has 0 amide bonds. The molecule has 0 fully saturated rings. The van der Waals surface area contributed by atoms with E-state index in [2.05, 4.69) is 4.98 Å². The van der Waals surface area contributed by atoms with Crippen LogP contribution in [0.4, 0.5) is 10.1 Å². The highest BCUT2D eigenvalue weighted by atomic mass is 19.1. The number of nitro benzene ring substituents is 1. The first-order chi connectivity index (χ1) is 13.9. The average molecular weight is 398 g/mol. The number of nitro groups is 1. The van der Waals surface area contributed by atoms with Gasteiger partial charge in [0.15, 0.2) is 0 Å². The molecule has 0 spiro atoms. The first-order valence-electron chi connectivity index (χ1n) is 8.56. The van der Waals surface area contributed by atoms with Gasteiger partial charge in [-0.1, -0.05) is 6.07 Å². The summed E-state index contributed by atoms with van der Waals surface area (Å²) in [5.74, 6) is -2.13. The number of ether oxygens (including phenoxy) is 2. The summed E-state index contributed by atoms with van der Waals surface area (Å²) in [5, 5.41) is 11.4. The van der Waals surface area contributed by atoms with E-state index in [1.807, 2.05) is 0 Å². The van der Waals surface area contributed by atoms with Crippen molar-refractivity contribution in [3.63, 3.8) is 0 Å². The second-order valence-corrected chi connectivity index (χ2v) is 5.93. The summed E-state index contributed by atoms with van der Waals surface area (Å²) < 4.78 is 23.9. The molecular formula is C20H15FN2O6. The molecule has 148 valence electrons. The monoisotopic (exact) mass is 398 g/mol. The molecule has 0 saturated heterocycles. The SMILES string of the molecule is CCOC(=O)c1cc(C(=O)OCc2ccc(F)c3cccnc23)cc([N+](=O)[O-])c1. The van der Waals surface area contributed by atoms with Crippen LogP contribution < -0.4 is 0 Å². The van der Waals surface area contributed by atoms with E-state index >= 15 is 0 Å². The molecule has 0 aliphatic carbocycles. The van der Waals surface area contributed by atoms with E-state index in [0.717, 1.165) is 18.2 Å². The predicted octanol–water partition coefficient (Wildman–Crippen LogP) is 3.82. The highest BCUT2D eigenvalue weighted by Crippen LogP contribution is 2.22. The normalized spacial score (nSPS) is 10.6.